The quantitative estimate of drug-likeness (QED) is 0.531. The van der Waals surface area contributed by atoms with Crippen molar-refractivity contribution in [2.75, 3.05) is 32.5 Å². The highest BCUT2D eigenvalue weighted by molar-refractivity contribution is 5.97. The van der Waals surface area contributed by atoms with E-state index < -0.39 is 5.97 Å². The first-order valence-electron chi connectivity index (χ1n) is 6.90. The Morgan fingerprint density at radius 2 is 1.95 bits per heavy atom. The monoisotopic (exact) mass is 294 g/mol. The fourth-order valence-electron chi connectivity index (χ4n) is 1.84. The Hall–Kier alpha value is -2.08. The maximum Gasteiger partial charge on any atom is 0.304 e. The molecule has 0 aliphatic rings. The van der Waals surface area contributed by atoms with Gasteiger partial charge in [0.2, 0.25) is 0 Å². The van der Waals surface area contributed by atoms with Crippen molar-refractivity contribution in [3.05, 3.63) is 23.8 Å². The third-order valence-corrected chi connectivity index (χ3v) is 3.06. The van der Waals surface area contributed by atoms with Crippen LogP contribution < -0.4 is 10.5 Å². The fourth-order valence-corrected chi connectivity index (χ4v) is 1.84. The number of nitrogens with two attached hydrogens (primary N) is 1. The molecule has 0 unspecified atom stereocenters. The Labute approximate surface area is 124 Å². The van der Waals surface area contributed by atoms with E-state index in [4.69, 9.17) is 15.6 Å². The fraction of sp³-hybridized carbons (Fsp3) is 0.467. The highest BCUT2D eigenvalue weighted by Crippen LogP contribution is 2.23. The van der Waals surface area contributed by atoms with Gasteiger partial charge in [0.15, 0.2) is 5.78 Å². The second-order valence-electron chi connectivity index (χ2n) is 4.81. The van der Waals surface area contributed by atoms with Crippen molar-refractivity contribution in [2.24, 2.45) is 0 Å². The predicted molar refractivity (Wildman–Crippen MR) is 80.7 cm³/mol. The van der Waals surface area contributed by atoms with Crippen LogP contribution in [0.5, 0.6) is 5.75 Å². The summed E-state index contributed by atoms with van der Waals surface area (Å²) in [5, 5.41) is 8.60. The molecule has 0 amide bonds. The number of nitrogen functional groups attached to an aromatic ring is 1. The summed E-state index contributed by atoms with van der Waals surface area (Å²) < 4.78 is 5.32. The zero-order valence-corrected chi connectivity index (χ0v) is 12.5. The first-order valence-corrected chi connectivity index (χ1v) is 6.90. The Balaban J connectivity index is 2.52. The first-order chi connectivity index (χ1) is 9.93. The zero-order chi connectivity index (χ0) is 15.8. The largest absolute Gasteiger partial charge is 0.492 e. The van der Waals surface area contributed by atoms with Crippen molar-refractivity contribution in [1.82, 2.24) is 4.90 Å². The van der Waals surface area contributed by atoms with E-state index in [-0.39, 0.29) is 12.2 Å². The second kappa shape index (κ2) is 8.26. The van der Waals surface area contributed by atoms with E-state index in [0.717, 1.165) is 0 Å². The van der Waals surface area contributed by atoms with Gasteiger partial charge >= 0.3 is 5.97 Å². The number of aliphatic carboxylic acids is 1. The van der Waals surface area contributed by atoms with Crippen LogP contribution in [-0.4, -0.2) is 48.5 Å². The normalized spacial score (nSPS) is 10.6. The number of anilines is 1. The van der Waals surface area contributed by atoms with Crippen molar-refractivity contribution in [1.29, 1.82) is 0 Å². The molecule has 0 radical (unpaired) electrons. The van der Waals surface area contributed by atoms with Gasteiger partial charge in [-0.2, -0.15) is 0 Å². The topological polar surface area (TPSA) is 92.9 Å². The van der Waals surface area contributed by atoms with Gasteiger partial charge in [0.25, 0.3) is 0 Å². The molecule has 0 aliphatic heterocycles. The van der Waals surface area contributed by atoms with Crippen molar-refractivity contribution >= 4 is 17.4 Å². The van der Waals surface area contributed by atoms with Gasteiger partial charge in [-0.3, -0.25) is 9.59 Å². The van der Waals surface area contributed by atoms with Gasteiger partial charge in [0.1, 0.15) is 5.75 Å². The number of Topliss-reactive ketones (excluding diaryl/α,β-unsaturated/α-hetero) is 1. The number of carboxylic acids is 1. The Morgan fingerprint density at radius 1 is 1.29 bits per heavy atom. The molecule has 0 atom stereocenters. The molecule has 0 bridgehead atoms. The number of ketones is 1. The molecule has 1 rings (SSSR count). The number of hydrogen-bond donors (Lipinski definition) is 2. The molecule has 3 N–H and O–H groups in total. The average molecular weight is 294 g/mol. The Morgan fingerprint density at radius 3 is 2.52 bits per heavy atom. The third kappa shape index (κ3) is 5.83. The third-order valence-electron chi connectivity index (χ3n) is 3.06. The van der Waals surface area contributed by atoms with Crippen LogP contribution in [0.1, 0.15) is 30.1 Å². The van der Waals surface area contributed by atoms with Crippen molar-refractivity contribution in [3.63, 3.8) is 0 Å². The van der Waals surface area contributed by atoms with E-state index in [9.17, 15) is 9.59 Å². The van der Waals surface area contributed by atoms with Crippen LogP contribution in [-0.2, 0) is 4.79 Å². The van der Waals surface area contributed by atoms with Crippen LogP contribution in [0, 0.1) is 0 Å². The van der Waals surface area contributed by atoms with Crippen LogP contribution in [0.2, 0.25) is 0 Å². The van der Waals surface area contributed by atoms with E-state index in [1.807, 2.05) is 11.8 Å². The molecule has 0 saturated heterocycles. The van der Waals surface area contributed by atoms with Crippen LogP contribution in [0.4, 0.5) is 5.69 Å². The summed E-state index contributed by atoms with van der Waals surface area (Å²) >= 11 is 0. The smallest absolute Gasteiger partial charge is 0.304 e. The molecule has 0 saturated carbocycles. The van der Waals surface area contributed by atoms with E-state index in [0.29, 0.717) is 43.1 Å². The van der Waals surface area contributed by atoms with Gasteiger partial charge in [-0.05, 0) is 32.2 Å². The number of carboxylic acid groups (broad SMARTS) is 1. The van der Waals surface area contributed by atoms with Crippen LogP contribution >= 0.6 is 0 Å². The molecule has 0 aromatic heterocycles. The van der Waals surface area contributed by atoms with Crippen molar-refractivity contribution in [2.45, 2.75) is 19.8 Å². The maximum absolute atomic E-state index is 12.1. The van der Waals surface area contributed by atoms with Gasteiger partial charge in [0.05, 0.1) is 18.7 Å². The molecule has 6 nitrogen and oxygen atoms in total. The minimum atomic E-state index is -0.840. The van der Waals surface area contributed by atoms with Crippen LogP contribution in [0.3, 0.4) is 0 Å². The molecule has 21 heavy (non-hydrogen) atoms. The highest BCUT2D eigenvalue weighted by atomic mass is 16.5. The number of carbonyl (C=O) groups is 2. The van der Waals surface area contributed by atoms with Gasteiger partial charge in [0, 0.05) is 25.1 Å². The Kier molecular flexibility index (Phi) is 6.68. The molecule has 0 heterocycles. The summed E-state index contributed by atoms with van der Waals surface area (Å²) in [4.78, 5) is 24.4. The van der Waals surface area contributed by atoms with Crippen molar-refractivity contribution in [3.8, 4) is 5.75 Å². The number of benzene rings is 1. The second-order valence-corrected chi connectivity index (χ2v) is 4.81. The molecule has 1 aromatic rings. The number of carbonyl (C=O) groups excluding carboxylic acids is 1. The summed E-state index contributed by atoms with van der Waals surface area (Å²) in [6, 6.07) is 5.01. The lowest BCUT2D eigenvalue weighted by Crippen LogP contribution is -2.24. The molecule has 0 spiro atoms. The lowest BCUT2D eigenvalue weighted by atomic mass is 10.1. The van der Waals surface area contributed by atoms with Gasteiger partial charge in [-0.25, -0.2) is 0 Å². The lowest BCUT2D eigenvalue weighted by molar-refractivity contribution is -0.137. The maximum atomic E-state index is 12.1. The number of hydrogen-bond acceptors (Lipinski definition) is 5. The summed E-state index contributed by atoms with van der Waals surface area (Å²) in [7, 11) is 1.79. The molecule has 116 valence electrons. The van der Waals surface area contributed by atoms with Gasteiger partial charge in [-0.15, -0.1) is 0 Å². The highest BCUT2D eigenvalue weighted by Gasteiger charge is 2.10. The first kappa shape index (κ1) is 17.0. The van der Waals surface area contributed by atoms with Gasteiger partial charge < -0.3 is 20.5 Å². The standard InChI is InChI=1S/C15H22N2O4/c1-3-21-14-5-4-11(10-12(14)16)13(18)6-8-17(2)9-7-15(19)20/h4-5,10H,3,6-9,16H2,1-2H3,(H,19,20). The summed E-state index contributed by atoms with van der Waals surface area (Å²) in [5.74, 6) is -0.285. The number of ether oxygens (including phenoxy) is 1. The van der Waals surface area contributed by atoms with E-state index >= 15 is 0 Å². The molecule has 6 heteroatoms. The minimum absolute atomic E-state index is 0.0214. The molecule has 1 aromatic carbocycles. The van der Waals surface area contributed by atoms with Gasteiger partial charge in [-0.1, -0.05) is 0 Å². The average Bonchev–Trinajstić information content (AvgIpc) is 2.44. The zero-order valence-electron chi connectivity index (χ0n) is 12.5. The van der Waals surface area contributed by atoms with Crippen LogP contribution in [0.15, 0.2) is 18.2 Å². The van der Waals surface area contributed by atoms with E-state index in [2.05, 4.69) is 0 Å². The molecule has 0 fully saturated rings. The van der Waals surface area contributed by atoms with E-state index in [1.54, 1.807) is 25.2 Å². The molecular formula is C15H22N2O4. The SMILES string of the molecule is CCOc1ccc(C(=O)CCN(C)CCC(=O)O)cc1N. The summed E-state index contributed by atoms with van der Waals surface area (Å²) in [5.41, 5.74) is 6.82. The number of rotatable bonds is 9. The lowest BCUT2D eigenvalue weighted by Gasteiger charge is -2.15. The van der Waals surface area contributed by atoms with Crippen LogP contribution in [0.25, 0.3) is 0 Å². The number of nitrogens with zero attached hydrogens (tertiary/aromatic N) is 1. The minimum Gasteiger partial charge on any atom is -0.492 e. The van der Waals surface area contributed by atoms with E-state index in [1.165, 1.54) is 0 Å². The molecular weight excluding hydrogens is 272 g/mol. The summed E-state index contributed by atoms with van der Waals surface area (Å²) in [6.45, 7) is 3.32. The van der Waals surface area contributed by atoms with Crippen molar-refractivity contribution < 1.29 is 19.4 Å². The predicted octanol–water partition coefficient (Wildman–Crippen LogP) is 1.65. The molecule has 0 aliphatic carbocycles. The summed E-state index contributed by atoms with van der Waals surface area (Å²) in [6.07, 6.45) is 0.393. The Bertz CT molecular complexity index is 502.